The first-order chi connectivity index (χ1) is 14.8. The van der Waals surface area contributed by atoms with Crippen molar-refractivity contribution in [3.05, 3.63) is 70.8 Å². The highest BCUT2D eigenvalue weighted by Crippen LogP contribution is 2.21. The van der Waals surface area contributed by atoms with Crippen molar-refractivity contribution in [2.75, 3.05) is 11.1 Å². The fourth-order valence-corrected chi connectivity index (χ4v) is 3.80. The number of aryl methyl sites for hydroxylation is 2. The van der Waals surface area contributed by atoms with Gasteiger partial charge in [-0.25, -0.2) is 4.39 Å². The molecule has 0 bridgehead atoms. The van der Waals surface area contributed by atoms with Crippen LogP contribution in [0.1, 0.15) is 40.3 Å². The standard InChI is InChI=1S/C22H24FN5O2S/c1-13-9-10-18(14(2)11-13)25-19(29)12-31-22-27-26-20(28(22)4)15(3)24-21(30)16-7-5-6-8-17(16)23/h5-11,15H,12H2,1-4H3,(H,24,30)(H,25,29)/t15-/m0/s1. The average Bonchev–Trinajstić information content (AvgIpc) is 3.09. The third-order valence-electron chi connectivity index (χ3n) is 4.71. The third kappa shape index (κ3) is 5.49. The molecule has 0 aliphatic carbocycles. The second kappa shape index (κ2) is 9.74. The number of carbonyl (C=O) groups excluding carboxylic acids is 2. The zero-order chi connectivity index (χ0) is 22.5. The van der Waals surface area contributed by atoms with Gasteiger partial charge >= 0.3 is 0 Å². The number of carbonyl (C=O) groups is 2. The summed E-state index contributed by atoms with van der Waals surface area (Å²) in [6.07, 6.45) is 0. The minimum Gasteiger partial charge on any atom is -0.342 e. The van der Waals surface area contributed by atoms with Gasteiger partial charge in [-0.1, -0.05) is 41.6 Å². The van der Waals surface area contributed by atoms with Crippen LogP contribution in [0, 0.1) is 19.7 Å². The van der Waals surface area contributed by atoms with Gasteiger partial charge in [0.05, 0.1) is 17.4 Å². The van der Waals surface area contributed by atoms with Gasteiger partial charge in [0.1, 0.15) is 5.82 Å². The van der Waals surface area contributed by atoms with E-state index in [1.807, 2.05) is 32.0 Å². The molecular weight excluding hydrogens is 417 g/mol. The molecule has 9 heteroatoms. The summed E-state index contributed by atoms with van der Waals surface area (Å²) in [4.78, 5) is 24.7. The number of hydrogen-bond donors (Lipinski definition) is 2. The van der Waals surface area contributed by atoms with Gasteiger partial charge in [0.15, 0.2) is 11.0 Å². The largest absolute Gasteiger partial charge is 0.342 e. The Morgan fingerprint density at radius 2 is 1.90 bits per heavy atom. The quantitative estimate of drug-likeness (QED) is 0.545. The van der Waals surface area contributed by atoms with E-state index in [1.54, 1.807) is 24.6 Å². The zero-order valence-electron chi connectivity index (χ0n) is 17.8. The van der Waals surface area contributed by atoms with Gasteiger partial charge in [-0.2, -0.15) is 0 Å². The lowest BCUT2D eigenvalue weighted by molar-refractivity contribution is -0.113. The Labute approximate surface area is 184 Å². The monoisotopic (exact) mass is 441 g/mol. The van der Waals surface area contributed by atoms with Crippen molar-refractivity contribution in [3.63, 3.8) is 0 Å². The number of amides is 2. The normalized spacial score (nSPS) is 11.8. The lowest BCUT2D eigenvalue weighted by atomic mass is 10.1. The van der Waals surface area contributed by atoms with E-state index in [4.69, 9.17) is 0 Å². The van der Waals surface area contributed by atoms with Gasteiger partial charge in [-0.3, -0.25) is 9.59 Å². The molecule has 1 atom stereocenters. The van der Waals surface area contributed by atoms with Gasteiger partial charge in [0.25, 0.3) is 5.91 Å². The van der Waals surface area contributed by atoms with Crippen molar-refractivity contribution >= 4 is 29.3 Å². The van der Waals surface area contributed by atoms with Gasteiger partial charge in [-0.05, 0) is 44.5 Å². The van der Waals surface area contributed by atoms with Gasteiger partial charge in [0.2, 0.25) is 5.91 Å². The Morgan fingerprint density at radius 3 is 2.61 bits per heavy atom. The molecule has 2 amide bonds. The van der Waals surface area contributed by atoms with Crippen molar-refractivity contribution in [3.8, 4) is 0 Å². The second-order valence-corrected chi connectivity index (χ2v) is 8.17. The molecule has 3 aromatic rings. The van der Waals surface area contributed by atoms with Crippen LogP contribution in [0.2, 0.25) is 0 Å². The summed E-state index contributed by atoms with van der Waals surface area (Å²) in [6.45, 7) is 5.69. The predicted molar refractivity (Wildman–Crippen MR) is 119 cm³/mol. The molecule has 0 saturated carbocycles. The average molecular weight is 442 g/mol. The highest BCUT2D eigenvalue weighted by molar-refractivity contribution is 7.99. The van der Waals surface area contributed by atoms with E-state index in [1.165, 1.54) is 30.0 Å². The van der Waals surface area contributed by atoms with Crippen LogP contribution >= 0.6 is 11.8 Å². The molecule has 0 radical (unpaired) electrons. The number of nitrogens with zero attached hydrogens (tertiary/aromatic N) is 3. The highest BCUT2D eigenvalue weighted by Gasteiger charge is 2.20. The first-order valence-electron chi connectivity index (χ1n) is 9.71. The van der Waals surface area contributed by atoms with Gasteiger partial charge in [-0.15, -0.1) is 10.2 Å². The van der Waals surface area contributed by atoms with Crippen molar-refractivity contribution < 1.29 is 14.0 Å². The van der Waals surface area contributed by atoms with Crippen LogP contribution < -0.4 is 10.6 Å². The summed E-state index contributed by atoms with van der Waals surface area (Å²) in [5, 5.41) is 14.4. The van der Waals surface area contributed by atoms with Crippen LogP contribution in [0.25, 0.3) is 0 Å². The molecule has 2 aromatic carbocycles. The molecule has 0 fully saturated rings. The Kier molecular flexibility index (Phi) is 7.06. The molecule has 0 unspecified atom stereocenters. The first kappa shape index (κ1) is 22.5. The molecule has 0 spiro atoms. The summed E-state index contributed by atoms with van der Waals surface area (Å²) in [7, 11) is 1.76. The highest BCUT2D eigenvalue weighted by atomic mass is 32.2. The smallest absolute Gasteiger partial charge is 0.254 e. The topological polar surface area (TPSA) is 88.9 Å². The van der Waals surface area contributed by atoms with Crippen LogP contribution in [0.3, 0.4) is 0 Å². The zero-order valence-corrected chi connectivity index (χ0v) is 18.6. The first-order valence-corrected chi connectivity index (χ1v) is 10.7. The number of thioether (sulfide) groups is 1. The van der Waals surface area contributed by atoms with Crippen LogP contribution in [0.5, 0.6) is 0 Å². The van der Waals surface area contributed by atoms with E-state index in [0.29, 0.717) is 11.0 Å². The Hall–Kier alpha value is -3.20. The number of halogens is 1. The maximum atomic E-state index is 13.8. The molecule has 0 aliphatic heterocycles. The molecule has 3 rings (SSSR count). The minimum atomic E-state index is -0.587. The van der Waals surface area contributed by atoms with E-state index in [0.717, 1.165) is 16.8 Å². The Balaban J connectivity index is 1.59. The molecule has 162 valence electrons. The molecule has 0 aliphatic rings. The van der Waals surface area contributed by atoms with Crippen LogP contribution in [0.4, 0.5) is 10.1 Å². The number of rotatable bonds is 7. The number of aromatic nitrogens is 3. The van der Waals surface area contributed by atoms with Gasteiger partial charge < -0.3 is 15.2 Å². The molecular formula is C22H24FN5O2S. The SMILES string of the molecule is Cc1ccc(NC(=O)CSc2nnc([C@H](C)NC(=O)c3ccccc3F)n2C)c(C)c1. The number of benzene rings is 2. The van der Waals surface area contributed by atoms with Crippen molar-refractivity contribution in [2.24, 2.45) is 7.05 Å². The molecule has 31 heavy (non-hydrogen) atoms. The number of anilines is 1. The van der Waals surface area contributed by atoms with Crippen molar-refractivity contribution in [2.45, 2.75) is 32.0 Å². The predicted octanol–water partition coefficient (Wildman–Crippen LogP) is 3.79. The van der Waals surface area contributed by atoms with Gasteiger partial charge in [0, 0.05) is 12.7 Å². The van der Waals surface area contributed by atoms with Crippen molar-refractivity contribution in [1.29, 1.82) is 0 Å². The lowest BCUT2D eigenvalue weighted by Gasteiger charge is -2.14. The summed E-state index contributed by atoms with van der Waals surface area (Å²) < 4.78 is 15.5. The van der Waals surface area contributed by atoms with E-state index < -0.39 is 17.8 Å². The number of nitrogens with one attached hydrogen (secondary N) is 2. The van der Waals surface area contributed by atoms with Crippen LogP contribution in [-0.4, -0.2) is 32.3 Å². The molecule has 7 nitrogen and oxygen atoms in total. The molecule has 0 saturated heterocycles. The summed E-state index contributed by atoms with van der Waals surface area (Å²) in [5.74, 6) is -0.605. The van der Waals surface area contributed by atoms with E-state index in [2.05, 4.69) is 20.8 Å². The van der Waals surface area contributed by atoms with E-state index >= 15 is 0 Å². The van der Waals surface area contributed by atoms with Crippen molar-refractivity contribution in [1.82, 2.24) is 20.1 Å². The van der Waals surface area contributed by atoms with Crippen LogP contribution in [0.15, 0.2) is 47.6 Å². The fourth-order valence-electron chi connectivity index (χ4n) is 3.08. The Bertz CT molecular complexity index is 1120. The lowest BCUT2D eigenvalue weighted by Crippen LogP contribution is -2.29. The van der Waals surface area contributed by atoms with E-state index in [-0.39, 0.29) is 17.2 Å². The summed E-state index contributed by atoms with van der Waals surface area (Å²) in [6, 6.07) is 11.1. The third-order valence-corrected chi connectivity index (χ3v) is 5.73. The molecule has 1 heterocycles. The maximum absolute atomic E-state index is 13.8. The van der Waals surface area contributed by atoms with Crippen LogP contribution in [-0.2, 0) is 11.8 Å². The number of hydrogen-bond acceptors (Lipinski definition) is 5. The molecule has 1 aromatic heterocycles. The van der Waals surface area contributed by atoms with E-state index in [9.17, 15) is 14.0 Å². The summed E-state index contributed by atoms with van der Waals surface area (Å²) >= 11 is 1.24. The Morgan fingerprint density at radius 1 is 1.16 bits per heavy atom. The maximum Gasteiger partial charge on any atom is 0.254 e. The minimum absolute atomic E-state index is 0.0332. The summed E-state index contributed by atoms with van der Waals surface area (Å²) in [5.41, 5.74) is 2.87. The fraction of sp³-hybridized carbons (Fsp3) is 0.273. The second-order valence-electron chi connectivity index (χ2n) is 7.23. The molecule has 2 N–H and O–H groups in total.